The standard InChI is InChI=1S/C32H46N4O5/c1-3-40-30(38)10-7-18-33-29(37)23-32(15-5-4-6-16-32)17-21-35-19-13-26(14-20-35)36(28-12-11-25(2)24-34-28)31(39)27-9-8-22-41-27/h8-9,11-12,22,24,26H,3-7,10,13-21,23H2,1-2H3,(H,33,37). The number of carbonyl (C=O) groups excluding carboxylic acids is 3. The van der Waals surface area contributed by atoms with Crippen LogP contribution in [-0.4, -0.2) is 66.5 Å². The number of nitrogens with zero attached hydrogens (tertiary/aromatic N) is 3. The maximum Gasteiger partial charge on any atom is 0.305 e. The van der Waals surface area contributed by atoms with E-state index in [9.17, 15) is 14.4 Å². The lowest BCUT2D eigenvalue weighted by molar-refractivity contribution is -0.143. The van der Waals surface area contributed by atoms with Crippen molar-refractivity contribution in [1.82, 2.24) is 15.2 Å². The number of aromatic nitrogens is 1. The van der Waals surface area contributed by atoms with Gasteiger partial charge >= 0.3 is 5.97 Å². The van der Waals surface area contributed by atoms with Gasteiger partial charge in [-0.25, -0.2) is 4.98 Å². The summed E-state index contributed by atoms with van der Waals surface area (Å²) in [6, 6.07) is 7.39. The van der Waals surface area contributed by atoms with Gasteiger partial charge in [0.05, 0.1) is 12.9 Å². The number of rotatable bonds is 13. The number of hydrogen-bond acceptors (Lipinski definition) is 7. The molecule has 9 heteroatoms. The van der Waals surface area contributed by atoms with Crippen LogP contribution in [-0.2, 0) is 14.3 Å². The Morgan fingerprint density at radius 1 is 1.15 bits per heavy atom. The van der Waals surface area contributed by atoms with E-state index in [1.807, 2.05) is 24.0 Å². The Balaban J connectivity index is 1.30. The lowest BCUT2D eigenvalue weighted by Gasteiger charge is -2.41. The molecule has 0 spiro atoms. The van der Waals surface area contributed by atoms with E-state index in [0.29, 0.717) is 44.0 Å². The number of furan rings is 1. The maximum atomic E-state index is 13.4. The molecule has 2 amide bonds. The van der Waals surface area contributed by atoms with Gasteiger partial charge < -0.3 is 19.4 Å². The first-order valence-electron chi connectivity index (χ1n) is 15.3. The van der Waals surface area contributed by atoms with E-state index in [0.717, 1.165) is 57.3 Å². The highest BCUT2D eigenvalue weighted by Gasteiger charge is 2.36. The molecule has 9 nitrogen and oxygen atoms in total. The van der Waals surface area contributed by atoms with Gasteiger partial charge in [0, 0.05) is 44.7 Å². The second-order valence-electron chi connectivity index (χ2n) is 11.7. The first kappa shape index (κ1) is 30.8. The molecule has 0 aromatic carbocycles. The zero-order chi connectivity index (χ0) is 29.1. The fraction of sp³-hybridized carbons (Fsp3) is 0.625. The van der Waals surface area contributed by atoms with Crippen molar-refractivity contribution in [3.63, 3.8) is 0 Å². The van der Waals surface area contributed by atoms with Gasteiger partial charge in [0.1, 0.15) is 5.82 Å². The summed E-state index contributed by atoms with van der Waals surface area (Å²) in [5, 5.41) is 3.04. The van der Waals surface area contributed by atoms with Crippen LogP contribution in [0.3, 0.4) is 0 Å². The van der Waals surface area contributed by atoms with Gasteiger partial charge in [-0.1, -0.05) is 25.3 Å². The first-order chi connectivity index (χ1) is 19.9. The van der Waals surface area contributed by atoms with E-state index in [4.69, 9.17) is 9.15 Å². The van der Waals surface area contributed by atoms with E-state index in [-0.39, 0.29) is 29.2 Å². The highest BCUT2D eigenvalue weighted by molar-refractivity contribution is 6.04. The van der Waals surface area contributed by atoms with Crippen LogP contribution in [0.25, 0.3) is 0 Å². The Morgan fingerprint density at radius 2 is 1.93 bits per heavy atom. The predicted molar refractivity (Wildman–Crippen MR) is 158 cm³/mol. The molecule has 1 saturated heterocycles. The minimum Gasteiger partial charge on any atom is -0.466 e. The Bertz CT molecular complexity index is 1100. The van der Waals surface area contributed by atoms with Crippen molar-refractivity contribution in [2.75, 3.05) is 37.7 Å². The van der Waals surface area contributed by atoms with Crippen LogP contribution < -0.4 is 10.2 Å². The highest BCUT2D eigenvalue weighted by atomic mass is 16.5. The van der Waals surface area contributed by atoms with Crippen molar-refractivity contribution in [2.24, 2.45) is 5.41 Å². The summed E-state index contributed by atoms with van der Waals surface area (Å²) in [6.07, 6.45) is 13.3. The molecule has 2 aromatic rings. The normalized spacial score (nSPS) is 17.6. The van der Waals surface area contributed by atoms with Crippen molar-refractivity contribution < 1.29 is 23.5 Å². The molecule has 1 saturated carbocycles. The molecular weight excluding hydrogens is 520 g/mol. The molecule has 1 N–H and O–H groups in total. The third-order valence-electron chi connectivity index (χ3n) is 8.61. The largest absolute Gasteiger partial charge is 0.466 e. The SMILES string of the molecule is CCOC(=O)CCCNC(=O)CC1(CCN2CCC(N(C(=O)c3ccco3)c3ccc(C)cn3)CC2)CCCCC1. The quantitative estimate of drug-likeness (QED) is 0.260. The van der Waals surface area contributed by atoms with Crippen LogP contribution >= 0.6 is 0 Å². The monoisotopic (exact) mass is 566 g/mol. The summed E-state index contributed by atoms with van der Waals surface area (Å²) < 4.78 is 10.4. The molecule has 0 bridgehead atoms. The summed E-state index contributed by atoms with van der Waals surface area (Å²) in [5.74, 6) is 0.710. The number of piperidine rings is 1. The number of anilines is 1. The van der Waals surface area contributed by atoms with E-state index >= 15 is 0 Å². The second-order valence-corrected chi connectivity index (χ2v) is 11.7. The molecule has 1 aliphatic carbocycles. The third-order valence-corrected chi connectivity index (χ3v) is 8.61. The van der Waals surface area contributed by atoms with Crippen LogP contribution in [0, 0.1) is 12.3 Å². The topological polar surface area (TPSA) is 105 Å². The molecule has 2 aliphatic rings. The smallest absolute Gasteiger partial charge is 0.305 e. The Hall–Kier alpha value is -3.20. The van der Waals surface area contributed by atoms with E-state index in [2.05, 4.69) is 15.2 Å². The summed E-state index contributed by atoms with van der Waals surface area (Å²) in [7, 11) is 0. The van der Waals surface area contributed by atoms with E-state index in [1.165, 1.54) is 25.5 Å². The van der Waals surface area contributed by atoms with Gasteiger partial charge in [-0.3, -0.25) is 19.3 Å². The molecule has 1 aliphatic heterocycles. The van der Waals surface area contributed by atoms with Crippen molar-refractivity contribution in [1.29, 1.82) is 0 Å². The lowest BCUT2D eigenvalue weighted by atomic mass is 9.69. The van der Waals surface area contributed by atoms with Crippen LogP contribution in [0.2, 0.25) is 0 Å². The molecule has 4 rings (SSSR count). The number of nitrogens with one attached hydrogen (secondary N) is 1. The van der Waals surface area contributed by atoms with Gasteiger partial charge in [0.2, 0.25) is 5.91 Å². The molecule has 224 valence electrons. The van der Waals surface area contributed by atoms with Gasteiger partial charge in [-0.05, 0) is 88.1 Å². The van der Waals surface area contributed by atoms with Crippen LogP contribution in [0.5, 0.6) is 0 Å². The number of esters is 1. The minimum atomic E-state index is -0.210. The summed E-state index contributed by atoms with van der Waals surface area (Å²) in [5.41, 5.74) is 1.09. The van der Waals surface area contributed by atoms with Gasteiger partial charge in [-0.2, -0.15) is 0 Å². The van der Waals surface area contributed by atoms with Crippen LogP contribution in [0.15, 0.2) is 41.1 Å². The van der Waals surface area contributed by atoms with Crippen molar-refractivity contribution in [2.45, 2.75) is 90.5 Å². The molecular formula is C32H46N4O5. The molecule has 0 atom stereocenters. The average Bonchev–Trinajstić information content (AvgIpc) is 3.52. The number of amides is 2. The average molecular weight is 567 g/mol. The number of aryl methyl sites for hydroxylation is 1. The molecule has 0 radical (unpaired) electrons. The van der Waals surface area contributed by atoms with Gasteiger partial charge in [-0.15, -0.1) is 0 Å². The summed E-state index contributed by atoms with van der Waals surface area (Å²) in [6.45, 7) is 7.43. The molecule has 2 fully saturated rings. The maximum absolute atomic E-state index is 13.4. The summed E-state index contributed by atoms with van der Waals surface area (Å²) in [4.78, 5) is 46.7. The highest BCUT2D eigenvalue weighted by Crippen LogP contribution is 2.42. The number of hydrogen-bond donors (Lipinski definition) is 1. The van der Waals surface area contributed by atoms with Crippen LogP contribution in [0.1, 0.15) is 93.7 Å². The fourth-order valence-electron chi connectivity index (χ4n) is 6.29. The van der Waals surface area contributed by atoms with Crippen LogP contribution in [0.4, 0.5) is 5.82 Å². The van der Waals surface area contributed by atoms with Gasteiger partial charge in [0.25, 0.3) is 5.91 Å². The molecule has 2 aromatic heterocycles. The predicted octanol–water partition coefficient (Wildman–Crippen LogP) is 5.28. The number of likely N-dealkylation sites (tertiary alicyclic amines) is 1. The zero-order valence-electron chi connectivity index (χ0n) is 24.7. The van der Waals surface area contributed by atoms with E-state index < -0.39 is 0 Å². The minimum absolute atomic E-state index is 0.0351. The summed E-state index contributed by atoms with van der Waals surface area (Å²) >= 11 is 0. The van der Waals surface area contributed by atoms with Crippen molar-refractivity contribution in [3.8, 4) is 0 Å². The Kier molecular flexibility index (Phi) is 11.4. The van der Waals surface area contributed by atoms with Gasteiger partial charge in [0.15, 0.2) is 5.76 Å². The second kappa shape index (κ2) is 15.1. The number of carbonyl (C=O) groups is 3. The van der Waals surface area contributed by atoms with E-state index in [1.54, 1.807) is 25.3 Å². The number of pyridine rings is 1. The third kappa shape index (κ3) is 8.89. The Labute approximate surface area is 244 Å². The molecule has 41 heavy (non-hydrogen) atoms. The molecule has 0 unspecified atom stereocenters. The zero-order valence-corrected chi connectivity index (χ0v) is 24.7. The van der Waals surface area contributed by atoms with Crippen molar-refractivity contribution in [3.05, 3.63) is 48.0 Å². The first-order valence-corrected chi connectivity index (χ1v) is 15.3. The number of ether oxygens (including phenoxy) is 1. The molecule has 3 heterocycles. The van der Waals surface area contributed by atoms with Crippen molar-refractivity contribution >= 4 is 23.6 Å². The lowest BCUT2D eigenvalue weighted by Crippen LogP contribution is -2.48. The Morgan fingerprint density at radius 3 is 2.59 bits per heavy atom. The fourth-order valence-corrected chi connectivity index (χ4v) is 6.29.